The van der Waals surface area contributed by atoms with E-state index in [1.807, 2.05) is 0 Å². The highest BCUT2D eigenvalue weighted by Gasteiger charge is 2.07. The van der Waals surface area contributed by atoms with Crippen molar-refractivity contribution in [3.63, 3.8) is 0 Å². The number of nitrogens with zero attached hydrogens (tertiary/aromatic N) is 3. The third-order valence-electron chi connectivity index (χ3n) is 2.82. The van der Waals surface area contributed by atoms with E-state index in [9.17, 15) is 10.1 Å². The lowest BCUT2D eigenvalue weighted by Gasteiger charge is -1.96. The summed E-state index contributed by atoms with van der Waals surface area (Å²) >= 11 is 7.04. The molecule has 7 nitrogen and oxygen atoms in total. The summed E-state index contributed by atoms with van der Waals surface area (Å²) in [7, 11) is 0. The van der Waals surface area contributed by atoms with Gasteiger partial charge in [0, 0.05) is 23.1 Å². The summed E-state index contributed by atoms with van der Waals surface area (Å²) in [5.74, 6) is 1.13. The number of anilines is 1. The first kappa shape index (κ1) is 15.2. The van der Waals surface area contributed by atoms with Crippen LogP contribution in [0, 0.1) is 10.1 Å². The molecule has 1 aromatic carbocycles. The zero-order valence-corrected chi connectivity index (χ0v) is 13.0. The molecule has 0 radical (unpaired) electrons. The summed E-state index contributed by atoms with van der Waals surface area (Å²) < 4.78 is 5.61. The molecule has 0 saturated heterocycles. The summed E-state index contributed by atoms with van der Waals surface area (Å²) in [5, 5.41) is 17.3. The van der Waals surface area contributed by atoms with Crippen molar-refractivity contribution in [3.05, 3.63) is 62.8 Å². The SMILES string of the molecule is O=[N+]([O-])c1ccc(-c2ccc(/C=N/Nc3nc(Cl)cs3)o2)cc1. The minimum atomic E-state index is -0.444. The van der Waals surface area contributed by atoms with E-state index in [1.165, 1.54) is 29.7 Å². The minimum absolute atomic E-state index is 0.0356. The molecular weight excluding hydrogens is 340 g/mol. The van der Waals surface area contributed by atoms with Crippen LogP contribution in [-0.4, -0.2) is 16.1 Å². The normalized spacial score (nSPS) is 11.0. The smallest absolute Gasteiger partial charge is 0.269 e. The number of nitro groups is 1. The average molecular weight is 349 g/mol. The highest BCUT2D eigenvalue weighted by Crippen LogP contribution is 2.24. The molecule has 3 rings (SSSR count). The van der Waals surface area contributed by atoms with E-state index in [2.05, 4.69) is 15.5 Å². The van der Waals surface area contributed by atoms with Crippen LogP contribution in [0.1, 0.15) is 5.76 Å². The lowest BCUT2D eigenvalue weighted by atomic mass is 10.1. The van der Waals surface area contributed by atoms with Gasteiger partial charge >= 0.3 is 0 Å². The summed E-state index contributed by atoms with van der Waals surface area (Å²) in [6.45, 7) is 0. The molecule has 0 saturated carbocycles. The molecule has 0 aliphatic rings. The van der Waals surface area contributed by atoms with Crippen LogP contribution >= 0.6 is 22.9 Å². The molecule has 9 heteroatoms. The van der Waals surface area contributed by atoms with Crippen molar-refractivity contribution in [2.24, 2.45) is 5.10 Å². The predicted molar refractivity (Wildman–Crippen MR) is 89.1 cm³/mol. The van der Waals surface area contributed by atoms with Crippen LogP contribution in [0.5, 0.6) is 0 Å². The van der Waals surface area contributed by atoms with Gasteiger partial charge in [0.1, 0.15) is 16.7 Å². The largest absolute Gasteiger partial charge is 0.455 e. The quantitative estimate of drug-likeness (QED) is 0.418. The molecule has 1 N–H and O–H groups in total. The number of nitrogens with one attached hydrogen (secondary N) is 1. The number of nitro benzene ring substituents is 1. The molecule has 0 aliphatic carbocycles. The van der Waals surface area contributed by atoms with Crippen LogP contribution in [0.4, 0.5) is 10.8 Å². The Kier molecular flexibility index (Phi) is 4.35. The van der Waals surface area contributed by atoms with Crippen molar-refractivity contribution in [1.82, 2.24) is 4.98 Å². The lowest BCUT2D eigenvalue weighted by molar-refractivity contribution is -0.384. The second kappa shape index (κ2) is 6.59. The molecule has 23 heavy (non-hydrogen) atoms. The third kappa shape index (κ3) is 3.74. The summed E-state index contributed by atoms with van der Waals surface area (Å²) in [6, 6.07) is 9.64. The first-order valence-corrected chi connectivity index (χ1v) is 7.62. The standard InChI is InChI=1S/C14H9ClN4O3S/c15-13-8-23-14(17-13)18-16-7-11-5-6-12(22-11)9-1-3-10(4-2-9)19(20)21/h1-8H,(H,17,18)/b16-7+. The molecule has 0 amide bonds. The number of hydrogen-bond donors (Lipinski definition) is 1. The lowest BCUT2D eigenvalue weighted by Crippen LogP contribution is -1.88. The zero-order chi connectivity index (χ0) is 16.2. The minimum Gasteiger partial charge on any atom is -0.455 e. The van der Waals surface area contributed by atoms with Crippen LogP contribution in [0.15, 0.2) is 51.3 Å². The fraction of sp³-hybridized carbons (Fsp3) is 0. The number of furan rings is 1. The number of non-ortho nitro benzene ring substituents is 1. The predicted octanol–water partition coefficient (Wildman–Crippen LogP) is 4.41. The fourth-order valence-corrected chi connectivity index (χ4v) is 2.57. The van der Waals surface area contributed by atoms with E-state index in [0.29, 0.717) is 21.8 Å². The second-order valence-electron chi connectivity index (χ2n) is 4.35. The molecule has 0 bridgehead atoms. The number of halogens is 1. The summed E-state index contributed by atoms with van der Waals surface area (Å²) in [5.41, 5.74) is 3.52. The van der Waals surface area contributed by atoms with Gasteiger partial charge in [-0.15, -0.1) is 11.3 Å². The first-order valence-electron chi connectivity index (χ1n) is 6.36. The Morgan fingerprint density at radius 3 is 2.74 bits per heavy atom. The number of hydrazone groups is 1. The van der Waals surface area contributed by atoms with Crippen LogP contribution in [0.2, 0.25) is 5.15 Å². The van der Waals surface area contributed by atoms with E-state index in [0.717, 1.165) is 5.56 Å². The van der Waals surface area contributed by atoms with E-state index in [-0.39, 0.29) is 5.69 Å². The highest BCUT2D eigenvalue weighted by molar-refractivity contribution is 7.14. The van der Waals surface area contributed by atoms with E-state index in [1.54, 1.807) is 29.6 Å². The van der Waals surface area contributed by atoms with E-state index < -0.39 is 4.92 Å². The van der Waals surface area contributed by atoms with Crippen molar-refractivity contribution in [2.45, 2.75) is 0 Å². The number of rotatable bonds is 5. The van der Waals surface area contributed by atoms with Crippen LogP contribution < -0.4 is 5.43 Å². The molecule has 0 spiro atoms. The van der Waals surface area contributed by atoms with Gasteiger partial charge in [-0.05, 0) is 24.3 Å². The van der Waals surface area contributed by atoms with Crippen molar-refractivity contribution in [1.29, 1.82) is 0 Å². The molecule has 0 atom stereocenters. The van der Waals surface area contributed by atoms with Crippen molar-refractivity contribution >= 4 is 40.0 Å². The van der Waals surface area contributed by atoms with Gasteiger partial charge < -0.3 is 4.42 Å². The number of benzene rings is 1. The van der Waals surface area contributed by atoms with Gasteiger partial charge in [-0.2, -0.15) is 5.10 Å². The maximum absolute atomic E-state index is 10.6. The van der Waals surface area contributed by atoms with Gasteiger partial charge in [0.05, 0.1) is 11.1 Å². The van der Waals surface area contributed by atoms with Gasteiger partial charge in [-0.1, -0.05) is 11.6 Å². The molecule has 0 fully saturated rings. The summed E-state index contributed by atoms with van der Waals surface area (Å²) in [6.07, 6.45) is 1.50. The van der Waals surface area contributed by atoms with Crippen molar-refractivity contribution in [3.8, 4) is 11.3 Å². The molecule has 3 aromatic rings. The van der Waals surface area contributed by atoms with Gasteiger partial charge in [0.15, 0.2) is 0 Å². The highest BCUT2D eigenvalue weighted by atomic mass is 35.5. The topological polar surface area (TPSA) is 93.6 Å². The second-order valence-corrected chi connectivity index (χ2v) is 5.60. The van der Waals surface area contributed by atoms with Gasteiger partial charge in [0.25, 0.3) is 5.69 Å². The van der Waals surface area contributed by atoms with Crippen LogP contribution in [0.25, 0.3) is 11.3 Å². The molecule has 116 valence electrons. The Morgan fingerprint density at radius 1 is 1.30 bits per heavy atom. The van der Waals surface area contributed by atoms with Crippen LogP contribution in [0.3, 0.4) is 0 Å². The number of aromatic nitrogens is 1. The number of hydrogen-bond acceptors (Lipinski definition) is 7. The molecule has 2 aromatic heterocycles. The van der Waals surface area contributed by atoms with Gasteiger partial charge in [0.2, 0.25) is 5.13 Å². The summed E-state index contributed by atoms with van der Waals surface area (Å²) in [4.78, 5) is 14.2. The fourth-order valence-electron chi connectivity index (χ4n) is 1.78. The van der Waals surface area contributed by atoms with E-state index >= 15 is 0 Å². The monoisotopic (exact) mass is 348 g/mol. The molecule has 0 unspecified atom stereocenters. The van der Waals surface area contributed by atoms with Crippen LogP contribution in [-0.2, 0) is 0 Å². The maximum atomic E-state index is 10.6. The maximum Gasteiger partial charge on any atom is 0.269 e. The molecule has 0 aliphatic heterocycles. The Morgan fingerprint density at radius 2 is 2.09 bits per heavy atom. The van der Waals surface area contributed by atoms with Gasteiger partial charge in [-0.3, -0.25) is 15.5 Å². The van der Waals surface area contributed by atoms with Crippen molar-refractivity contribution < 1.29 is 9.34 Å². The van der Waals surface area contributed by atoms with E-state index in [4.69, 9.17) is 16.0 Å². The Labute approximate surface area is 139 Å². The van der Waals surface area contributed by atoms with Crippen molar-refractivity contribution in [2.75, 3.05) is 5.43 Å². The van der Waals surface area contributed by atoms with Gasteiger partial charge in [-0.25, -0.2) is 4.98 Å². The zero-order valence-electron chi connectivity index (χ0n) is 11.5. The average Bonchev–Trinajstić information content (AvgIpc) is 3.17. The molecule has 2 heterocycles. The third-order valence-corrected chi connectivity index (χ3v) is 3.89. The number of thiazole rings is 1. The molecular formula is C14H9ClN4O3S. The Bertz CT molecular complexity index is 857. The first-order chi connectivity index (χ1) is 11.1. The Balaban J connectivity index is 1.68. The Hall–Kier alpha value is -2.71.